The van der Waals surface area contributed by atoms with E-state index >= 15 is 0 Å². The standard InChI is InChI=1S/C12H13N3O3/c16-12-4-1-7-5-11(15(17)18)10(6-9(7)14-12)13-8-2-3-8/h5-6,8,13H,1-4H2,(H,14,16). The number of carbonyl (C=O) groups excluding carboxylic acids is 1. The van der Waals surface area contributed by atoms with Gasteiger partial charge in [0.2, 0.25) is 5.91 Å². The zero-order valence-electron chi connectivity index (χ0n) is 9.73. The average Bonchev–Trinajstić information content (AvgIpc) is 3.11. The number of nitro benzene ring substituents is 1. The summed E-state index contributed by atoms with van der Waals surface area (Å²) in [5, 5.41) is 16.9. The summed E-state index contributed by atoms with van der Waals surface area (Å²) < 4.78 is 0. The van der Waals surface area contributed by atoms with Gasteiger partial charge in [0.1, 0.15) is 5.69 Å². The van der Waals surface area contributed by atoms with Crippen molar-refractivity contribution in [1.82, 2.24) is 0 Å². The summed E-state index contributed by atoms with van der Waals surface area (Å²) in [4.78, 5) is 22.0. The van der Waals surface area contributed by atoms with Crippen LogP contribution >= 0.6 is 0 Å². The molecule has 0 aromatic heterocycles. The lowest BCUT2D eigenvalue weighted by Gasteiger charge is -2.18. The number of fused-ring (bicyclic) bond motifs is 1. The Balaban J connectivity index is 2.01. The third-order valence-electron chi connectivity index (χ3n) is 3.25. The van der Waals surface area contributed by atoms with Crippen molar-refractivity contribution >= 4 is 23.0 Å². The van der Waals surface area contributed by atoms with Gasteiger partial charge in [-0.15, -0.1) is 0 Å². The summed E-state index contributed by atoms with van der Waals surface area (Å²) in [7, 11) is 0. The first-order valence-electron chi connectivity index (χ1n) is 6.01. The summed E-state index contributed by atoms with van der Waals surface area (Å²) in [6, 6.07) is 3.59. The lowest BCUT2D eigenvalue weighted by molar-refractivity contribution is -0.384. The van der Waals surface area contributed by atoms with Crippen LogP contribution < -0.4 is 10.6 Å². The molecule has 1 saturated carbocycles. The van der Waals surface area contributed by atoms with E-state index < -0.39 is 0 Å². The molecule has 3 rings (SSSR count). The zero-order valence-corrected chi connectivity index (χ0v) is 9.73. The number of nitrogens with zero attached hydrogens (tertiary/aromatic N) is 1. The van der Waals surface area contributed by atoms with Crippen LogP contribution in [0.15, 0.2) is 12.1 Å². The maximum Gasteiger partial charge on any atom is 0.292 e. The predicted octanol–water partition coefficient (Wildman–Crippen LogP) is 2.05. The molecule has 6 heteroatoms. The number of anilines is 2. The van der Waals surface area contributed by atoms with Crippen LogP contribution in [0.1, 0.15) is 24.8 Å². The minimum Gasteiger partial charge on any atom is -0.377 e. The van der Waals surface area contributed by atoms with Crippen LogP contribution in [0.2, 0.25) is 0 Å². The van der Waals surface area contributed by atoms with E-state index in [4.69, 9.17) is 0 Å². The summed E-state index contributed by atoms with van der Waals surface area (Å²) in [6.45, 7) is 0. The molecule has 1 aliphatic carbocycles. The molecule has 1 aliphatic heterocycles. The Labute approximate surface area is 104 Å². The molecule has 2 aliphatic rings. The third kappa shape index (κ3) is 2.01. The molecule has 1 heterocycles. The highest BCUT2D eigenvalue weighted by Crippen LogP contribution is 2.36. The third-order valence-corrected chi connectivity index (χ3v) is 3.25. The highest BCUT2D eigenvalue weighted by Gasteiger charge is 2.27. The predicted molar refractivity (Wildman–Crippen MR) is 66.7 cm³/mol. The molecule has 1 aromatic carbocycles. The lowest BCUT2D eigenvalue weighted by Crippen LogP contribution is -2.19. The Morgan fingerprint density at radius 2 is 2.11 bits per heavy atom. The summed E-state index contributed by atoms with van der Waals surface area (Å²) in [5.41, 5.74) is 2.13. The summed E-state index contributed by atoms with van der Waals surface area (Å²) >= 11 is 0. The number of nitrogens with one attached hydrogen (secondary N) is 2. The fraction of sp³-hybridized carbons (Fsp3) is 0.417. The van der Waals surface area contributed by atoms with Gasteiger partial charge in [-0.3, -0.25) is 14.9 Å². The summed E-state index contributed by atoms with van der Waals surface area (Å²) in [6.07, 6.45) is 3.03. The van der Waals surface area contributed by atoms with Crippen LogP contribution in [-0.4, -0.2) is 16.9 Å². The van der Waals surface area contributed by atoms with Gasteiger partial charge in [0.15, 0.2) is 0 Å². The fourth-order valence-electron chi connectivity index (χ4n) is 2.13. The molecule has 1 aromatic rings. The van der Waals surface area contributed by atoms with Crippen molar-refractivity contribution in [3.63, 3.8) is 0 Å². The van der Waals surface area contributed by atoms with E-state index in [2.05, 4.69) is 10.6 Å². The van der Waals surface area contributed by atoms with Gasteiger partial charge in [-0.2, -0.15) is 0 Å². The molecule has 0 unspecified atom stereocenters. The van der Waals surface area contributed by atoms with Gasteiger partial charge in [-0.05, 0) is 30.9 Å². The topological polar surface area (TPSA) is 84.3 Å². The van der Waals surface area contributed by atoms with Crippen LogP contribution in [0.25, 0.3) is 0 Å². The molecule has 6 nitrogen and oxygen atoms in total. The molecule has 2 N–H and O–H groups in total. The second-order valence-corrected chi connectivity index (χ2v) is 4.75. The number of amides is 1. The first-order valence-corrected chi connectivity index (χ1v) is 6.01. The van der Waals surface area contributed by atoms with Gasteiger partial charge in [0, 0.05) is 24.2 Å². The van der Waals surface area contributed by atoms with Crippen molar-refractivity contribution in [2.24, 2.45) is 0 Å². The van der Waals surface area contributed by atoms with Crippen molar-refractivity contribution in [3.8, 4) is 0 Å². The Bertz CT molecular complexity index is 538. The van der Waals surface area contributed by atoms with E-state index in [9.17, 15) is 14.9 Å². The van der Waals surface area contributed by atoms with Crippen LogP contribution in [0.4, 0.5) is 17.1 Å². The molecule has 0 bridgehead atoms. The summed E-state index contributed by atoms with van der Waals surface area (Å²) in [5.74, 6) is -0.0336. The van der Waals surface area contributed by atoms with Gasteiger partial charge in [-0.25, -0.2) is 0 Å². The smallest absolute Gasteiger partial charge is 0.292 e. The number of carbonyl (C=O) groups is 1. The Morgan fingerprint density at radius 1 is 1.33 bits per heavy atom. The SMILES string of the molecule is O=C1CCc2cc([N+](=O)[O-])c(NC3CC3)cc2N1. The number of benzene rings is 1. The van der Waals surface area contributed by atoms with Crippen molar-refractivity contribution in [1.29, 1.82) is 0 Å². The van der Waals surface area contributed by atoms with E-state index in [1.165, 1.54) is 0 Å². The van der Waals surface area contributed by atoms with E-state index in [0.717, 1.165) is 18.4 Å². The number of nitro groups is 1. The number of hydrogen-bond acceptors (Lipinski definition) is 4. The minimum atomic E-state index is -0.374. The van der Waals surface area contributed by atoms with E-state index in [-0.39, 0.29) is 16.5 Å². The molecule has 94 valence electrons. The maximum absolute atomic E-state index is 11.3. The molecule has 0 atom stereocenters. The zero-order chi connectivity index (χ0) is 12.7. The second-order valence-electron chi connectivity index (χ2n) is 4.75. The highest BCUT2D eigenvalue weighted by atomic mass is 16.6. The lowest BCUT2D eigenvalue weighted by atomic mass is 10.0. The molecule has 0 spiro atoms. The Hall–Kier alpha value is -2.11. The Kier molecular flexibility index (Phi) is 2.43. The van der Waals surface area contributed by atoms with Gasteiger partial charge in [0.05, 0.1) is 4.92 Å². The van der Waals surface area contributed by atoms with Crippen molar-refractivity contribution in [2.45, 2.75) is 31.7 Å². The average molecular weight is 247 g/mol. The monoisotopic (exact) mass is 247 g/mol. The molecular formula is C12H13N3O3. The fourth-order valence-corrected chi connectivity index (χ4v) is 2.13. The molecule has 0 saturated heterocycles. The van der Waals surface area contributed by atoms with Crippen molar-refractivity contribution in [3.05, 3.63) is 27.8 Å². The molecular weight excluding hydrogens is 234 g/mol. The normalized spacial score (nSPS) is 17.9. The first-order chi connectivity index (χ1) is 8.63. The van der Waals surface area contributed by atoms with Crippen LogP contribution in [0.5, 0.6) is 0 Å². The molecule has 1 fully saturated rings. The van der Waals surface area contributed by atoms with E-state index in [1.807, 2.05) is 0 Å². The number of hydrogen-bond donors (Lipinski definition) is 2. The van der Waals surface area contributed by atoms with Gasteiger partial charge in [0.25, 0.3) is 5.69 Å². The quantitative estimate of drug-likeness (QED) is 0.632. The largest absolute Gasteiger partial charge is 0.377 e. The Morgan fingerprint density at radius 3 is 2.78 bits per heavy atom. The van der Waals surface area contributed by atoms with Gasteiger partial charge in [-0.1, -0.05) is 0 Å². The second kappa shape index (κ2) is 3.97. The highest BCUT2D eigenvalue weighted by molar-refractivity contribution is 5.95. The molecule has 18 heavy (non-hydrogen) atoms. The minimum absolute atomic E-state index is 0.0336. The van der Waals surface area contributed by atoms with Gasteiger partial charge >= 0.3 is 0 Å². The van der Waals surface area contributed by atoms with Crippen molar-refractivity contribution < 1.29 is 9.72 Å². The van der Waals surface area contributed by atoms with Gasteiger partial charge < -0.3 is 10.6 Å². The number of rotatable bonds is 3. The van der Waals surface area contributed by atoms with Crippen LogP contribution in [-0.2, 0) is 11.2 Å². The van der Waals surface area contributed by atoms with Crippen LogP contribution in [0, 0.1) is 10.1 Å². The van der Waals surface area contributed by atoms with Crippen LogP contribution in [0.3, 0.4) is 0 Å². The molecule has 1 amide bonds. The molecule has 0 radical (unpaired) electrons. The van der Waals surface area contributed by atoms with E-state index in [1.54, 1.807) is 12.1 Å². The maximum atomic E-state index is 11.3. The first kappa shape index (κ1) is 11.0. The number of aryl methyl sites for hydroxylation is 1. The van der Waals surface area contributed by atoms with Crippen molar-refractivity contribution in [2.75, 3.05) is 10.6 Å². The van der Waals surface area contributed by atoms with E-state index in [0.29, 0.717) is 30.3 Å².